The number of rotatable bonds is 10. The lowest BCUT2D eigenvalue weighted by molar-refractivity contribution is 0.185. The molecule has 0 bridgehead atoms. The third-order valence-corrected chi connectivity index (χ3v) is 7.90. The van der Waals surface area contributed by atoms with Crippen molar-refractivity contribution in [2.45, 2.75) is 32.9 Å². The Morgan fingerprint density at radius 1 is 0.881 bits per heavy atom. The molecule has 0 atom stereocenters. The Bertz CT molecular complexity index is 1630. The van der Waals surface area contributed by atoms with Gasteiger partial charge in [-0.25, -0.2) is 0 Å². The molecule has 1 aliphatic rings. The summed E-state index contributed by atoms with van der Waals surface area (Å²) in [7, 11) is 3.27. The number of nitrogens with zero attached hydrogens (tertiary/aromatic N) is 3. The molecule has 0 aliphatic carbocycles. The van der Waals surface area contributed by atoms with Crippen LogP contribution in [0, 0.1) is 5.92 Å². The van der Waals surface area contributed by atoms with Crippen LogP contribution in [0.1, 0.15) is 30.9 Å². The molecule has 8 nitrogen and oxygen atoms in total. The molecule has 216 valence electrons. The highest BCUT2D eigenvalue weighted by atomic mass is 16.5. The van der Waals surface area contributed by atoms with Gasteiger partial charge in [0.15, 0.2) is 11.5 Å². The quantitative estimate of drug-likeness (QED) is 0.186. The molecule has 3 heterocycles. The predicted molar refractivity (Wildman–Crippen MR) is 167 cm³/mol. The average Bonchev–Trinajstić information content (AvgIpc) is 3.46. The number of methoxy groups -OCH3 is 2. The number of nitrogens with one attached hydrogen (secondary N) is 2. The fourth-order valence-corrected chi connectivity index (χ4v) is 5.42. The third kappa shape index (κ3) is 6.19. The number of anilines is 2. The summed E-state index contributed by atoms with van der Waals surface area (Å²) in [6.45, 7) is 6.14. The zero-order valence-corrected chi connectivity index (χ0v) is 24.4. The Balaban J connectivity index is 1.19. The topological polar surface area (TPSA) is 84.5 Å². The summed E-state index contributed by atoms with van der Waals surface area (Å²) in [5.41, 5.74) is 5.86. The van der Waals surface area contributed by atoms with Gasteiger partial charge in [0.1, 0.15) is 12.3 Å². The minimum atomic E-state index is 0.460. The van der Waals surface area contributed by atoms with Crippen LogP contribution in [0.2, 0.25) is 0 Å². The van der Waals surface area contributed by atoms with Crippen molar-refractivity contribution < 1.29 is 14.2 Å². The molecule has 2 aromatic heterocycles. The first-order valence-corrected chi connectivity index (χ1v) is 14.5. The molecular weight excluding hydrogens is 526 g/mol. The fraction of sp³-hybridized carbons (Fsp3) is 0.294. The van der Waals surface area contributed by atoms with Crippen LogP contribution in [0.25, 0.3) is 22.2 Å². The molecule has 2 N–H and O–H groups in total. The van der Waals surface area contributed by atoms with Crippen molar-refractivity contribution in [1.29, 1.82) is 0 Å². The first kappa shape index (κ1) is 27.6. The van der Waals surface area contributed by atoms with Gasteiger partial charge in [0, 0.05) is 24.0 Å². The molecule has 0 amide bonds. The van der Waals surface area contributed by atoms with Gasteiger partial charge in [-0.1, -0.05) is 55.5 Å². The monoisotopic (exact) mass is 563 g/mol. The molecule has 42 heavy (non-hydrogen) atoms. The lowest BCUT2D eigenvalue weighted by atomic mass is 9.99. The first-order chi connectivity index (χ1) is 20.6. The van der Waals surface area contributed by atoms with E-state index in [1.807, 2.05) is 54.7 Å². The standard InChI is InChI=1S/C34H37N5O3/c1-23-15-17-39(18-16-23)21-24-9-12-27(13-10-24)36-34-37-32-31(33(38-34)41-3)28(20-35-32)26-11-14-29(30(19-26)40-2)42-22-25-7-5-4-6-8-25/h4-14,19-20,23H,15-18,21-22H2,1-3H3,(H2,35,36,37,38). The molecule has 0 radical (unpaired) electrons. The van der Waals surface area contributed by atoms with Crippen LogP contribution in [-0.2, 0) is 13.2 Å². The predicted octanol–water partition coefficient (Wildman–Crippen LogP) is 7.20. The summed E-state index contributed by atoms with van der Waals surface area (Å²) < 4.78 is 17.5. The number of hydrogen-bond donors (Lipinski definition) is 2. The van der Waals surface area contributed by atoms with E-state index in [0.717, 1.165) is 40.2 Å². The summed E-state index contributed by atoms with van der Waals surface area (Å²) in [4.78, 5) is 15.3. The summed E-state index contributed by atoms with van der Waals surface area (Å²) in [5, 5.41) is 4.14. The molecule has 3 aromatic carbocycles. The number of H-pyrrole nitrogens is 1. The van der Waals surface area contributed by atoms with E-state index in [9.17, 15) is 0 Å². The minimum absolute atomic E-state index is 0.460. The smallest absolute Gasteiger partial charge is 0.232 e. The molecule has 0 spiro atoms. The van der Waals surface area contributed by atoms with Crippen molar-refractivity contribution >= 4 is 22.7 Å². The van der Waals surface area contributed by atoms with Gasteiger partial charge in [-0.2, -0.15) is 9.97 Å². The molecule has 1 fully saturated rings. The molecule has 1 saturated heterocycles. The Hall–Kier alpha value is -4.56. The molecule has 0 saturated carbocycles. The lowest BCUT2D eigenvalue weighted by Gasteiger charge is -2.30. The van der Waals surface area contributed by atoms with Crippen LogP contribution < -0.4 is 19.5 Å². The molecule has 1 aliphatic heterocycles. The Morgan fingerprint density at radius 3 is 2.40 bits per heavy atom. The highest BCUT2D eigenvalue weighted by Crippen LogP contribution is 2.38. The summed E-state index contributed by atoms with van der Waals surface area (Å²) in [6, 6.07) is 24.4. The zero-order valence-electron chi connectivity index (χ0n) is 24.4. The van der Waals surface area contributed by atoms with Crippen LogP contribution in [0.15, 0.2) is 79.0 Å². The van der Waals surface area contributed by atoms with Crippen molar-refractivity contribution in [2.75, 3.05) is 32.6 Å². The average molecular weight is 564 g/mol. The van der Waals surface area contributed by atoms with Gasteiger partial charge >= 0.3 is 0 Å². The number of fused-ring (bicyclic) bond motifs is 1. The normalized spacial score (nSPS) is 14.2. The molecule has 5 aromatic rings. The van der Waals surface area contributed by atoms with Crippen LogP contribution >= 0.6 is 0 Å². The maximum atomic E-state index is 6.05. The SMILES string of the molecule is COc1cc(-c2c[nH]c3nc(Nc4ccc(CN5CCC(C)CC5)cc4)nc(OC)c23)ccc1OCc1ccccc1. The second-order valence-electron chi connectivity index (χ2n) is 10.9. The van der Waals surface area contributed by atoms with Gasteiger partial charge in [0.25, 0.3) is 0 Å². The van der Waals surface area contributed by atoms with Gasteiger partial charge in [-0.3, -0.25) is 4.90 Å². The second kappa shape index (κ2) is 12.5. The van der Waals surface area contributed by atoms with E-state index >= 15 is 0 Å². The first-order valence-electron chi connectivity index (χ1n) is 14.5. The molecule has 0 unspecified atom stereocenters. The minimum Gasteiger partial charge on any atom is -0.493 e. The van der Waals surface area contributed by atoms with E-state index in [1.54, 1.807) is 14.2 Å². The van der Waals surface area contributed by atoms with Gasteiger partial charge < -0.3 is 24.5 Å². The number of likely N-dealkylation sites (tertiary alicyclic amines) is 1. The number of aromatic amines is 1. The van der Waals surface area contributed by atoms with E-state index in [0.29, 0.717) is 35.6 Å². The summed E-state index contributed by atoms with van der Waals surface area (Å²) >= 11 is 0. The van der Waals surface area contributed by atoms with Crippen LogP contribution in [0.3, 0.4) is 0 Å². The maximum absolute atomic E-state index is 6.05. The fourth-order valence-electron chi connectivity index (χ4n) is 5.42. The number of benzene rings is 3. The summed E-state index contributed by atoms with van der Waals surface area (Å²) in [6.07, 6.45) is 4.48. The number of aromatic nitrogens is 3. The van der Waals surface area contributed by atoms with Gasteiger partial charge in [-0.05, 0) is 72.8 Å². The maximum Gasteiger partial charge on any atom is 0.232 e. The lowest BCUT2D eigenvalue weighted by Crippen LogP contribution is -2.32. The van der Waals surface area contributed by atoms with Crippen molar-refractivity contribution in [3.63, 3.8) is 0 Å². The van der Waals surface area contributed by atoms with E-state index in [1.165, 1.54) is 31.5 Å². The van der Waals surface area contributed by atoms with E-state index in [2.05, 4.69) is 46.4 Å². The highest BCUT2D eigenvalue weighted by Gasteiger charge is 2.18. The Labute approximate surface area is 246 Å². The van der Waals surface area contributed by atoms with E-state index in [4.69, 9.17) is 24.2 Å². The van der Waals surface area contributed by atoms with Crippen molar-refractivity contribution in [3.8, 4) is 28.5 Å². The van der Waals surface area contributed by atoms with Crippen molar-refractivity contribution in [3.05, 3.63) is 90.1 Å². The molecular formula is C34H37N5O3. The summed E-state index contributed by atoms with van der Waals surface area (Å²) in [5.74, 6) is 3.11. The Morgan fingerprint density at radius 2 is 1.67 bits per heavy atom. The van der Waals surface area contributed by atoms with Crippen LogP contribution in [0.5, 0.6) is 17.4 Å². The molecule has 8 heteroatoms. The zero-order chi connectivity index (χ0) is 28.9. The molecule has 6 rings (SSSR count). The van der Waals surface area contributed by atoms with Crippen LogP contribution in [0.4, 0.5) is 11.6 Å². The highest BCUT2D eigenvalue weighted by molar-refractivity contribution is 5.98. The van der Waals surface area contributed by atoms with Gasteiger partial charge in [-0.15, -0.1) is 0 Å². The number of piperidine rings is 1. The van der Waals surface area contributed by atoms with Crippen molar-refractivity contribution in [2.24, 2.45) is 5.92 Å². The van der Waals surface area contributed by atoms with E-state index in [-0.39, 0.29) is 0 Å². The number of hydrogen-bond acceptors (Lipinski definition) is 7. The second-order valence-corrected chi connectivity index (χ2v) is 10.9. The van der Waals surface area contributed by atoms with Gasteiger partial charge in [0.05, 0.1) is 19.6 Å². The Kier molecular flexibility index (Phi) is 8.23. The third-order valence-electron chi connectivity index (χ3n) is 7.90. The largest absolute Gasteiger partial charge is 0.493 e. The van der Waals surface area contributed by atoms with Crippen molar-refractivity contribution in [1.82, 2.24) is 19.9 Å². The van der Waals surface area contributed by atoms with E-state index < -0.39 is 0 Å². The van der Waals surface area contributed by atoms with Crippen LogP contribution in [-0.4, -0.2) is 47.2 Å². The van der Waals surface area contributed by atoms with Gasteiger partial charge in [0.2, 0.25) is 11.8 Å². The number of ether oxygens (including phenoxy) is 3.